The molecule has 0 unspecified atom stereocenters. The number of aromatic nitrogens is 16. The number of hydrogen-bond donors (Lipinski definition) is 9. The van der Waals surface area contributed by atoms with E-state index in [2.05, 4.69) is 65.8 Å². The number of carbonyl (C=O) groups is 4. The van der Waals surface area contributed by atoms with Crippen LogP contribution in [-0.2, 0) is 10.3 Å². The van der Waals surface area contributed by atoms with Gasteiger partial charge in [0.25, 0.3) is 17.7 Å². The number of amides is 4. The number of ether oxygens (including phenoxy) is 1. The van der Waals surface area contributed by atoms with Crippen molar-refractivity contribution in [1.29, 1.82) is 0 Å². The van der Waals surface area contributed by atoms with Crippen molar-refractivity contribution in [2.45, 2.75) is 122 Å². The highest BCUT2D eigenvalue weighted by Gasteiger charge is 2.34. The largest absolute Gasteiger partial charge is 0.444 e. The molecule has 3 aromatic carbocycles. The quantitative estimate of drug-likeness (QED) is 0.0614. The van der Waals surface area contributed by atoms with E-state index in [1.54, 1.807) is 66.0 Å². The first kappa shape index (κ1) is 66.7. The predicted molar refractivity (Wildman–Crippen MR) is 389 cm³/mol. The average Bonchev–Trinajstić information content (AvgIpc) is 1.60. The number of anilines is 4. The summed E-state index contributed by atoms with van der Waals surface area (Å²) in [5, 5.41) is 31.1. The minimum atomic E-state index is -0.546. The summed E-state index contributed by atoms with van der Waals surface area (Å²) >= 11 is 21.7. The molecule has 1 saturated heterocycles. The fourth-order valence-corrected chi connectivity index (χ4v) is 14.2. The van der Waals surface area contributed by atoms with Gasteiger partial charge in [0.15, 0.2) is 22.1 Å². The first-order valence-corrected chi connectivity index (χ1v) is 34.6. The molecule has 28 nitrogen and oxygen atoms in total. The molecule has 0 bridgehead atoms. The zero-order valence-corrected chi connectivity index (χ0v) is 58.5. The Morgan fingerprint density at radius 2 is 1.00 bits per heavy atom. The van der Waals surface area contributed by atoms with Crippen LogP contribution >= 0.6 is 46.1 Å². The van der Waals surface area contributed by atoms with Gasteiger partial charge in [-0.15, -0.1) is 11.3 Å². The molecule has 0 radical (unpaired) electrons. The molecule has 4 amide bonds. The number of benzene rings is 3. The van der Waals surface area contributed by atoms with E-state index in [4.69, 9.17) is 72.0 Å². The topological polar surface area (TPSA) is 386 Å². The fourth-order valence-electron chi connectivity index (χ4n) is 12.7. The maximum absolute atomic E-state index is 12.6. The monoisotopic (exact) mass is 1430 g/mol. The second-order valence-corrected chi connectivity index (χ2v) is 28.9. The molecule has 2 saturated carbocycles. The van der Waals surface area contributed by atoms with Gasteiger partial charge in [-0.3, -0.25) is 19.7 Å². The molecule has 1 aliphatic heterocycles. The normalized spacial score (nSPS) is 14.6. The van der Waals surface area contributed by atoms with Crippen molar-refractivity contribution in [2.75, 3.05) is 42.7 Å². The van der Waals surface area contributed by atoms with Crippen molar-refractivity contribution < 1.29 is 23.9 Å². The van der Waals surface area contributed by atoms with Crippen molar-refractivity contribution >= 4 is 158 Å². The molecule has 32 heteroatoms. The number of H-pyrrole nitrogens is 3. The number of nitrogens with zero attached hydrogens (tertiary/aromatic N) is 14. The zero-order valence-electron chi connectivity index (χ0n) is 55.5. The number of likely N-dealkylation sites (tertiary alicyclic amines) is 1. The van der Waals surface area contributed by atoms with E-state index >= 15 is 0 Å². The second kappa shape index (κ2) is 26.3. The highest BCUT2D eigenvalue weighted by atomic mass is 35.5. The lowest BCUT2D eigenvalue weighted by atomic mass is 10.1. The maximum Gasteiger partial charge on any atom is 0.410 e. The molecule has 0 atom stereocenters. The van der Waals surface area contributed by atoms with Crippen LogP contribution in [0, 0.1) is 0 Å². The molecule has 100 heavy (non-hydrogen) atoms. The van der Waals surface area contributed by atoms with Gasteiger partial charge >= 0.3 is 6.09 Å². The van der Waals surface area contributed by atoms with Crippen LogP contribution in [0.15, 0.2) is 85.2 Å². The number of aromatic amines is 3. The van der Waals surface area contributed by atoms with Crippen LogP contribution in [-0.4, -0.2) is 140 Å². The highest BCUT2D eigenvalue weighted by Crippen LogP contribution is 2.44. The van der Waals surface area contributed by atoms with Gasteiger partial charge in [0.2, 0.25) is 0 Å². The van der Waals surface area contributed by atoms with Crippen LogP contribution < -0.4 is 33.2 Å². The van der Waals surface area contributed by atoms with Crippen LogP contribution in [0.3, 0.4) is 0 Å². The molecular weight excluding hydrogens is 1360 g/mol. The number of carbonyl (C=O) groups excluding carboxylic acids is 4. The molecule has 2 aliphatic carbocycles. The van der Waals surface area contributed by atoms with Crippen LogP contribution in [0.25, 0.3) is 100.0 Å². The van der Waals surface area contributed by atoms with Crippen LogP contribution in [0.5, 0.6) is 0 Å². The van der Waals surface area contributed by atoms with Gasteiger partial charge in [-0.1, -0.05) is 65.8 Å². The standard InChI is InChI=1S/C27H31ClN8O3.C21H19ClN8OS.C20H20ClN7O/c1-27(2,3)39-26(38)35-10-8-16(9-11-35)36-24-19(23(29)30-13-31-24)21(34-36)22-20(28)17-7-4-14(12-18(17)33-22)25(37)32-15-5-6-15;1-21(2,3)30-18-13(17(23)25-9-26-18)15(29-30)16-14(22)11-5-4-10(8-12(11)27-16)19(31)28-20-24-6-7-32-20;1-23-20(29)10-6-7-12-13(8-10)26-17(15(12)21)16-14-18(22)24-9-25-19(14)28(27-16)11-4-2-3-5-11/h4,7,12-13,15-16,33H,5-6,8-11H2,1-3H3,(H,32,37)(H2,29,30,31);4-9,27H,1-3H3,(H2,23,25,26)(H,24,28,31);6-9,11,26H,2-5H2,1H3,(H,23,29)(H2,22,24,25). The molecular formula is C68H70Cl3N23O5S. The zero-order chi connectivity index (χ0) is 70.2. The summed E-state index contributed by atoms with van der Waals surface area (Å²) in [4.78, 5) is 91.4. The number of nitrogens with one attached hydrogen (secondary N) is 6. The highest BCUT2D eigenvalue weighted by molar-refractivity contribution is 7.13. The molecule has 3 fully saturated rings. The molecule has 16 rings (SSSR count). The second-order valence-electron chi connectivity index (χ2n) is 26.9. The summed E-state index contributed by atoms with van der Waals surface area (Å²) in [6, 6.07) is 16.6. The van der Waals surface area contributed by atoms with Crippen molar-refractivity contribution in [2.24, 2.45) is 0 Å². The summed E-state index contributed by atoms with van der Waals surface area (Å²) < 4.78 is 11.2. The summed E-state index contributed by atoms with van der Waals surface area (Å²) in [6.07, 6.45) is 13.5. The van der Waals surface area contributed by atoms with Gasteiger partial charge < -0.3 is 52.4 Å². The number of halogens is 3. The van der Waals surface area contributed by atoms with Crippen LogP contribution in [0.2, 0.25) is 15.1 Å². The molecule has 514 valence electrons. The summed E-state index contributed by atoms with van der Waals surface area (Å²) in [5.74, 6) is 0.471. The van der Waals surface area contributed by atoms with Gasteiger partial charge in [0.05, 0.1) is 65.9 Å². The maximum atomic E-state index is 12.6. The number of thiazole rings is 1. The summed E-state index contributed by atoms with van der Waals surface area (Å²) in [6.45, 7) is 12.7. The number of piperidine rings is 1. The first-order valence-electron chi connectivity index (χ1n) is 32.5. The number of rotatable bonds is 10. The molecule has 3 aliphatic rings. The first-order chi connectivity index (χ1) is 47.9. The Bertz CT molecular complexity index is 5370. The Balaban J connectivity index is 0.000000129. The van der Waals surface area contributed by atoms with Gasteiger partial charge in [-0.25, -0.2) is 53.7 Å². The lowest BCUT2D eigenvalue weighted by Crippen LogP contribution is -2.42. The third-order valence-corrected chi connectivity index (χ3v) is 19.7. The van der Waals surface area contributed by atoms with E-state index in [9.17, 15) is 19.2 Å². The van der Waals surface area contributed by atoms with Crippen molar-refractivity contribution in [1.82, 2.24) is 94.7 Å². The number of nitrogens with two attached hydrogens (primary N) is 3. The van der Waals surface area contributed by atoms with Gasteiger partial charge in [-0.05, 0) is 116 Å². The molecule has 11 heterocycles. The lowest BCUT2D eigenvalue weighted by molar-refractivity contribution is 0.0185. The summed E-state index contributed by atoms with van der Waals surface area (Å²) in [7, 11) is 1.60. The van der Waals surface area contributed by atoms with Gasteiger partial charge in [0.1, 0.15) is 59.1 Å². The Morgan fingerprint density at radius 1 is 0.560 bits per heavy atom. The molecule has 0 spiro atoms. The Morgan fingerprint density at radius 3 is 1.44 bits per heavy atom. The van der Waals surface area contributed by atoms with Crippen molar-refractivity contribution in [3.63, 3.8) is 0 Å². The fraction of sp³-hybridized carbons (Fsp3) is 0.324. The smallest absolute Gasteiger partial charge is 0.410 e. The van der Waals surface area contributed by atoms with Crippen molar-refractivity contribution in [3.05, 3.63) is 117 Å². The number of fused-ring (bicyclic) bond motifs is 6. The van der Waals surface area contributed by atoms with E-state index in [1.165, 1.54) is 43.2 Å². The van der Waals surface area contributed by atoms with Crippen LogP contribution in [0.1, 0.15) is 136 Å². The lowest BCUT2D eigenvalue weighted by Gasteiger charge is -2.33. The molecule has 13 aromatic rings. The minimum Gasteiger partial charge on any atom is -0.444 e. The minimum absolute atomic E-state index is 0.00452. The van der Waals surface area contributed by atoms with E-state index < -0.39 is 5.60 Å². The van der Waals surface area contributed by atoms with Crippen molar-refractivity contribution in [3.8, 4) is 34.2 Å². The van der Waals surface area contributed by atoms with Gasteiger partial charge in [0, 0.05) is 87.2 Å². The number of nitrogen functional groups attached to an aromatic ring is 3. The molecule has 10 aromatic heterocycles. The van der Waals surface area contributed by atoms with Crippen LogP contribution in [0.4, 0.5) is 27.4 Å². The SMILES string of the molecule is CC(C)(C)OC(=O)N1CCC(n2nc(-c3[nH]c4cc(C(=O)NC5CC5)ccc4c3Cl)c3c(N)ncnc32)CC1.CC(C)(C)n1nc(-c2[nH]c3cc(C(=O)Nc4nccs4)ccc3c2Cl)c2c(N)ncnc21.CNC(=O)c1ccc2c(Cl)c(-c3nn(C4CCCC4)c4ncnc(N)c34)[nH]c2c1. The third kappa shape index (κ3) is 12.8. The predicted octanol–water partition coefficient (Wildman–Crippen LogP) is 13.0. The summed E-state index contributed by atoms with van der Waals surface area (Å²) in [5.41, 5.74) is 27.2. The van der Waals surface area contributed by atoms with E-state index in [0.717, 1.165) is 58.5 Å². The molecule has 12 N–H and O–H groups in total. The third-order valence-electron chi connectivity index (χ3n) is 17.8. The van der Waals surface area contributed by atoms with E-state index in [-0.39, 0.29) is 41.4 Å². The Labute approximate surface area is 589 Å². The van der Waals surface area contributed by atoms with Gasteiger partial charge in [-0.2, -0.15) is 15.3 Å². The Kier molecular flexibility index (Phi) is 17.6. The number of hydrogen-bond acceptors (Lipinski definition) is 19. The van der Waals surface area contributed by atoms with E-state index in [0.29, 0.717) is 153 Å². The van der Waals surface area contributed by atoms with E-state index in [1.807, 2.05) is 67.7 Å². The average molecular weight is 1430 g/mol. The Hall–Kier alpha value is -10.5.